The number of imidazole rings is 1. The predicted molar refractivity (Wildman–Crippen MR) is 60.4 cm³/mol. The molecule has 0 atom stereocenters. The third kappa shape index (κ3) is 3.35. The number of rotatable bonds is 5. The minimum atomic E-state index is -0.815. The second-order valence-corrected chi connectivity index (χ2v) is 3.71. The molecule has 0 aliphatic heterocycles. The monoisotopic (exact) mass is 237 g/mol. The van der Waals surface area contributed by atoms with Gasteiger partial charge in [-0.15, -0.1) is 0 Å². The lowest BCUT2D eigenvalue weighted by molar-refractivity contribution is 0.506. The number of hydrogen-bond acceptors (Lipinski definition) is 2. The third-order valence-electron chi connectivity index (χ3n) is 2.41. The maximum absolute atomic E-state index is 12.9. The summed E-state index contributed by atoms with van der Waals surface area (Å²) in [7, 11) is 0. The Bertz CT molecular complexity index is 469. The summed E-state index contributed by atoms with van der Waals surface area (Å²) in [5.74, 6) is -0.720. The highest BCUT2D eigenvalue weighted by atomic mass is 19.2. The van der Waals surface area contributed by atoms with Gasteiger partial charge in [-0.1, -0.05) is 6.07 Å². The molecule has 0 spiro atoms. The van der Waals surface area contributed by atoms with Crippen molar-refractivity contribution in [3.05, 3.63) is 53.6 Å². The Labute approximate surface area is 97.9 Å². The van der Waals surface area contributed by atoms with Gasteiger partial charge in [0.15, 0.2) is 11.6 Å². The summed E-state index contributed by atoms with van der Waals surface area (Å²) >= 11 is 0. The zero-order valence-corrected chi connectivity index (χ0v) is 9.21. The van der Waals surface area contributed by atoms with Gasteiger partial charge < -0.3 is 10.3 Å². The molecule has 90 valence electrons. The van der Waals surface area contributed by atoms with E-state index in [0.717, 1.165) is 30.4 Å². The van der Waals surface area contributed by atoms with Gasteiger partial charge in [-0.2, -0.15) is 0 Å². The van der Waals surface area contributed by atoms with Gasteiger partial charge >= 0.3 is 0 Å². The summed E-state index contributed by atoms with van der Waals surface area (Å²) in [5.41, 5.74) is 0.725. The van der Waals surface area contributed by atoms with E-state index in [0.29, 0.717) is 6.54 Å². The molecule has 0 unspecified atom stereocenters. The van der Waals surface area contributed by atoms with Crippen LogP contribution in [0.3, 0.4) is 0 Å². The molecular formula is C12H13F2N3. The van der Waals surface area contributed by atoms with Crippen LogP contribution in [-0.2, 0) is 13.0 Å². The molecule has 0 saturated carbocycles. The first kappa shape index (κ1) is 11.7. The van der Waals surface area contributed by atoms with Crippen LogP contribution in [0.2, 0.25) is 0 Å². The van der Waals surface area contributed by atoms with Crippen molar-refractivity contribution in [3.63, 3.8) is 0 Å². The Kier molecular flexibility index (Phi) is 3.82. The van der Waals surface area contributed by atoms with Crippen molar-refractivity contribution >= 4 is 0 Å². The average molecular weight is 237 g/mol. The fraction of sp³-hybridized carbons (Fsp3) is 0.250. The van der Waals surface area contributed by atoms with E-state index in [1.807, 2.05) is 0 Å². The number of H-pyrrole nitrogens is 1. The first-order chi connectivity index (χ1) is 8.25. The Balaban J connectivity index is 1.76. The van der Waals surface area contributed by atoms with Crippen LogP contribution in [0.15, 0.2) is 30.6 Å². The van der Waals surface area contributed by atoms with Crippen molar-refractivity contribution < 1.29 is 8.78 Å². The van der Waals surface area contributed by atoms with Gasteiger partial charge in [0.2, 0.25) is 0 Å². The number of hydrogen-bond donors (Lipinski definition) is 2. The highest BCUT2D eigenvalue weighted by Gasteiger charge is 2.02. The van der Waals surface area contributed by atoms with E-state index in [1.54, 1.807) is 18.5 Å². The normalized spacial score (nSPS) is 10.7. The van der Waals surface area contributed by atoms with Gasteiger partial charge in [-0.25, -0.2) is 13.8 Å². The fourth-order valence-electron chi connectivity index (χ4n) is 1.52. The first-order valence-electron chi connectivity index (χ1n) is 5.38. The summed E-state index contributed by atoms with van der Waals surface area (Å²) in [6, 6.07) is 3.91. The number of nitrogens with one attached hydrogen (secondary N) is 2. The molecule has 17 heavy (non-hydrogen) atoms. The van der Waals surface area contributed by atoms with E-state index >= 15 is 0 Å². The quantitative estimate of drug-likeness (QED) is 0.781. The van der Waals surface area contributed by atoms with Crippen molar-refractivity contribution in [2.45, 2.75) is 13.0 Å². The SMILES string of the molecule is Fc1ccc(CNCCc2ncc[nH]2)cc1F. The smallest absolute Gasteiger partial charge is 0.159 e. The molecule has 0 aliphatic carbocycles. The van der Waals surface area contributed by atoms with E-state index < -0.39 is 11.6 Å². The molecule has 0 bridgehead atoms. The van der Waals surface area contributed by atoms with Gasteiger partial charge in [0.1, 0.15) is 5.82 Å². The second-order valence-electron chi connectivity index (χ2n) is 3.71. The minimum absolute atomic E-state index is 0.512. The number of benzene rings is 1. The van der Waals surface area contributed by atoms with Crippen LogP contribution in [0.4, 0.5) is 8.78 Å². The molecule has 0 amide bonds. The largest absolute Gasteiger partial charge is 0.349 e. The second kappa shape index (κ2) is 5.54. The van der Waals surface area contributed by atoms with Crippen LogP contribution in [0.1, 0.15) is 11.4 Å². The van der Waals surface area contributed by atoms with Crippen molar-refractivity contribution in [1.82, 2.24) is 15.3 Å². The van der Waals surface area contributed by atoms with Crippen molar-refractivity contribution in [2.75, 3.05) is 6.54 Å². The molecule has 1 heterocycles. The van der Waals surface area contributed by atoms with Crippen LogP contribution in [0, 0.1) is 11.6 Å². The van der Waals surface area contributed by atoms with Crippen molar-refractivity contribution in [3.8, 4) is 0 Å². The average Bonchev–Trinajstić information content (AvgIpc) is 2.82. The Hall–Kier alpha value is -1.75. The number of aromatic amines is 1. The predicted octanol–water partition coefficient (Wildman–Crippen LogP) is 2.02. The van der Waals surface area contributed by atoms with Crippen molar-refractivity contribution in [2.24, 2.45) is 0 Å². The maximum atomic E-state index is 12.9. The van der Waals surface area contributed by atoms with Crippen LogP contribution >= 0.6 is 0 Å². The van der Waals surface area contributed by atoms with Gasteiger partial charge in [0.05, 0.1) is 0 Å². The lowest BCUT2D eigenvalue weighted by atomic mass is 10.2. The molecule has 0 fully saturated rings. The number of halogens is 2. The van der Waals surface area contributed by atoms with Crippen molar-refractivity contribution in [1.29, 1.82) is 0 Å². The molecule has 0 aliphatic rings. The Morgan fingerprint density at radius 2 is 2.12 bits per heavy atom. The van der Waals surface area contributed by atoms with Gasteiger partial charge in [-0.05, 0) is 17.7 Å². The molecular weight excluding hydrogens is 224 g/mol. The lowest BCUT2D eigenvalue weighted by Gasteiger charge is -2.04. The van der Waals surface area contributed by atoms with E-state index in [9.17, 15) is 8.78 Å². The minimum Gasteiger partial charge on any atom is -0.349 e. The standard InChI is InChI=1S/C12H13F2N3/c13-10-2-1-9(7-11(10)14)8-15-4-3-12-16-5-6-17-12/h1-2,5-7,15H,3-4,8H2,(H,16,17). The fourth-order valence-corrected chi connectivity index (χ4v) is 1.52. The molecule has 0 radical (unpaired) electrons. The number of nitrogens with zero attached hydrogens (tertiary/aromatic N) is 1. The summed E-state index contributed by atoms with van der Waals surface area (Å²) in [4.78, 5) is 7.07. The van der Waals surface area contributed by atoms with E-state index in [4.69, 9.17) is 0 Å². The van der Waals surface area contributed by atoms with Crippen LogP contribution in [-0.4, -0.2) is 16.5 Å². The summed E-state index contributed by atoms with van der Waals surface area (Å²) in [6.07, 6.45) is 4.24. The lowest BCUT2D eigenvalue weighted by Crippen LogP contribution is -2.17. The van der Waals surface area contributed by atoms with Gasteiger partial charge in [-0.3, -0.25) is 0 Å². The Morgan fingerprint density at radius 1 is 1.24 bits per heavy atom. The van der Waals surface area contributed by atoms with Gasteiger partial charge in [0, 0.05) is 31.9 Å². The van der Waals surface area contributed by atoms with Crippen LogP contribution < -0.4 is 5.32 Å². The van der Waals surface area contributed by atoms with E-state index in [2.05, 4.69) is 15.3 Å². The number of aromatic nitrogens is 2. The highest BCUT2D eigenvalue weighted by Crippen LogP contribution is 2.08. The molecule has 5 heteroatoms. The molecule has 1 aromatic carbocycles. The zero-order valence-electron chi connectivity index (χ0n) is 9.21. The molecule has 2 rings (SSSR count). The van der Waals surface area contributed by atoms with Crippen LogP contribution in [0.5, 0.6) is 0 Å². The summed E-state index contributed by atoms with van der Waals surface area (Å²) < 4.78 is 25.6. The highest BCUT2D eigenvalue weighted by molar-refractivity contribution is 5.17. The maximum Gasteiger partial charge on any atom is 0.159 e. The third-order valence-corrected chi connectivity index (χ3v) is 2.41. The first-order valence-corrected chi connectivity index (χ1v) is 5.38. The summed E-state index contributed by atoms with van der Waals surface area (Å²) in [5, 5.41) is 3.14. The Morgan fingerprint density at radius 3 is 2.82 bits per heavy atom. The molecule has 1 aromatic heterocycles. The molecule has 3 nitrogen and oxygen atoms in total. The molecule has 2 aromatic rings. The van der Waals surface area contributed by atoms with Crippen LogP contribution in [0.25, 0.3) is 0 Å². The van der Waals surface area contributed by atoms with E-state index in [-0.39, 0.29) is 0 Å². The molecule has 2 N–H and O–H groups in total. The topological polar surface area (TPSA) is 40.7 Å². The van der Waals surface area contributed by atoms with E-state index in [1.165, 1.54) is 6.07 Å². The summed E-state index contributed by atoms with van der Waals surface area (Å²) in [6.45, 7) is 1.24. The molecule has 0 saturated heterocycles. The van der Waals surface area contributed by atoms with Gasteiger partial charge in [0.25, 0.3) is 0 Å². The zero-order chi connectivity index (χ0) is 12.1.